The lowest BCUT2D eigenvalue weighted by atomic mass is 9.94. The van der Waals surface area contributed by atoms with E-state index in [1.54, 1.807) is 31.2 Å². The number of benzene rings is 1. The quantitative estimate of drug-likeness (QED) is 0.869. The van der Waals surface area contributed by atoms with Crippen LogP contribution in [0.4, 0.5) is 13.2 Å². The average molecular weight is 285 g/mol. The van der Waals surface area contributed by atoms with Gasteiger partial charge in [-0.1, -0.05) is 18.2 Å². The molecule has 1 aromatic heterocycles. The third kappa shape index (κ3) is 2.95. The van der Waals surface area contributed by atoms with E-state index in [2.05, 4.69) is 9.72 Å². The topological polar surface area (TPSA) is 42.1 Å². The van der Waals surface area contributed by atoms with Gasteiger partial charge in [0.25, 0.3) is 0 Å². The second kappa shape index (κ2) is 5.56. The molecule has 0 aliphatic rings. The van der Waals surface area contributed by atoms with Crippen LogP contribution in [0.15, 0.2) is 30.5 Å². The maximum absolute atomic E-state index is 13.2. The van der Waals surface area contributed by atoms with Gasteiger partial charge in [0, 0.05) is 17.1 Å². The lowest BCUT2D eigenvalue weighted by molar-refractivity contribution is -0.166. The number of rotatable bonds is 4. The van der Waals surface area contributed by atoms with Crippen molar-refractivity contribution in [3.8, 4) is 0 Å². The smallest absolute Gasteiger partial charge is 0.396 e. The molecule has 1 N–H and O–H groups in total. The number of halogens is 3. The van der Waals surface area contributed by atoms with Crippen LogP contribution in [-0.2, 0) is 9.53 Å². The molecule has 0 bridgehead atoms. The van der Waals surface area contributed by atoms with Crippen molar-refractivity contribution in [3.05, 3.63) is 36.0 Å². The largest absolute Gasteiger partial charge is 0.466 e. The molecule has 1 heterocycles. The number of fused-ring (bicyclic) bond motifs is 1. The van der Waals surface area contributed by atoms with Gasteiger partial charge in [0.2, 0.25) is 0 Å². The van der Waals surface area contributed by atoms with E-state index >= 15 is 0 Å². The van der Waals surface area contributed by atoms with E-state index in [1.165, 1.54) is 6.20 Å². The van der Waals surface area contributed by atoms with Gasteiger partial charge in [0.1, 0.15) is 0 Å². The van der Waals surface area contributed by atoms with Crippen molar-refractivity contribution in [3.63, 3.8) is 0 Å². The number of ether oxygens (including phenoxy) is 1. The molecule has 20 heavy (non-hydrogen) atoms. The molecule has 0 unspecified atom stereocenters. The first-order chi connectivity index (χ1) is 9.43. The van der Waals surface area contributed by atoms with Gasteiger partial charge < -0.3 is 9.72 Å². The van der Waals surface area contributed by atoms with Crippen molar-refractivity contribution in [2.75, 3.05) is 6.61 Å². The minimum atomic E-state index is -4.50. The Morgan fingerprint density at radius 2 is 2.05 bits per heavy atom. The number of esters is 1. The van der Waals surface area contributed by atoms with Crippen LogP contribution in [0.3, 0.4) is 0 Å². The molecule has 6 heteroatoms. The summed E-state index contributed by atoms with van der Waals surface area (Å²) in [4.78, 5) is 14.2. The first-order valence-electron chi connectivity index (χ1n) is 6.21. The zero-order chi connectivity index (χ0) is 14.8. The third-order valence-electron chi connectivity index (χ3n) is 3.07. The van der Waals surface area contributed by atoms with Crippen molar-refractivity contribution >= 4 is 16.9 Å². The fourth-order valence-corrected chi connectivity index (χ4v) is 2.17. The molecule has 0 fully saturated rings. The zero-order valence-corrected chi connectivity index (χ0v) is 10.8. The predicted octanol–water partition coefficient (Wildman–Crippen LogP) is 3.77. The molecular formula is C14H14F3NO2. The van der Waals surface area contributed by atoms with Gasteiger partial charge in [-0.05, 0) is 18.6 Å². The minimum Gasteiger partial charge on any atom is -0.466 e. The maximum Gasteiger partial charge on any atom is 0.396 e. The van der Waals surface area contributed by atoms with E-state index in [4.69, 9.17) is 0 Å². The Kier molecular flexibility index (Phi) is 4.01. The van der Waals surface area contributed by atoms with Crippen molar-refractivity contribution in [1.29, 1.82) is 0 Å². The maximum atomic E-state index is 13.2. The van der Waals surface area contributed by atoms with Gasteiger partial charge >= 0.3 is 12.1 Å². The van der Waals surface area contributed by atoms with E-state index in [0.717, 1.165) is 0 Å². The van der Waals surface area contributed by atoms with Crippen LogP contribution in [0.1, 0.15) is 24.8 Å². The minimum absolute atomic E-state index is 0.0668. The number of nitrogens with one attached hydrogen (secondary N) is 1. The summed E-state index contributed by atoms with van der Waals surface area (Å²) in [6.07, 6.45) is -3.90. The Labute approximate surface area is 113 Å². The number of carbonyl (C=O) groups is 1. The highest BCUT2D eigenvalue weighted by Crippen LogP contribution is 2.40. The van der Waals surface area contributed by atoms with Gasteiger partial charge in [-0.25, -0.2) is 0 Å². The highest BCUT2D eigenvalue weighted by molar-refractivity contribution is 5.84. The molecule has 0 radical (unpaired) electrons. The Balaban J connectivity index is 2.39. The summed E-state index contributed by atoms with van der Waals surface area (Å²) in [5, 5.41) is 0.471. The first-order valence-corrected chi connectivity index (χ1v) is 6.21. The molecule has 0 saturated heterocycles. The van der Waals surface area contributed by atoms with Gasteiger partial charge in [0.15, 0.2) is 0 Å². The number of aromatic nitrogens is 1. The second-order valence-corrected chi connectivity index (χ2v) is 4.39. The normalized spacial score (nSPS) is 13.4. The molecule has 0 spiro atoms. The lowest BCUT2D eigenvalue weighted by Gasteiger charge is -2.19. The molecule has 2 rings (SSSR count). The van der Waals surface area contributed by atoms with E-state index < -0.39 is 24.5 Å². The van der Waals surface area contributed by atoms with E-state index in [9.17, 15) is 18.0 Å². The number of alkyl halides is 3. The average Bonchev–Trinajstić information content (AvgIpc) is 2.78. The van der Waals surface area contributed by atoms with E-state index in [-0.39, 0.29) is 12.2 Å². The standard InChI is InChI=1S/C14H14F3NO2/c1-2-20-13(19)7-11(14(15,16)17)10-8-18-12-6-4-3-5-9(10)12/h3-6,8,11,18H,2,7H2,1H3/t11-/m1/s1. The van der Waals surface area contributed by atoms with Gasteiger partial charge in [-0.2, -0.15) is 13.2 Å². The molecule has 3 nitrogen and oxygen atoms in total. The number of para-hydroxylation sites is 1. The van der Waals surface area contributed by atoms with Crippen LogP contribution in [0, 0.1) is 0 Å². The summed E-state index contributed by atoms with van der Waals surface area (Å²) in [6.45, 7) is 1.63. The van der Waals surface area contributed by atoms with Crippen LogP contribution in [0.5, 0.6) is 0 Å². The number of hydrogen-bond acceptors (Lipinski definition) is 2. The number of hydrogen-bond donors (Lipinski definition) is 1. The molecule has 108 valence electrons. The summed E-state index contributed by atoms with van der Waals surface area (Å²) in [5.74, 6) is -2.71. The van der Waals surface area contributed by atoms with Crippen LogP contribution >= 0.6 is 0 Å². The Morgan fingerprint density at radius 3 is 2.70 bits per heavy atom. The first kappa shape index (κ1) is 14.4. The molecule has 0 aliphatic carbocycles. The van der Waals surface area contributed by atoms with Crippen LogP contribution < -0.4 is 0 Å². The van der Waals surface area contributed by atoms with Crippen molar-refractivity contribution in [1.82, 2.24) is 4.98 Å². The van der Waals surface area contributed by atoms with Crippen LogP contribution in [0.2, 0.25) is 0 Å². The number of aromatic amines is 1. The fourth-order valence-electron chi connectivity index (χ4n) is 2.17. The van der Waals surface area contributed by atoms with Crippen LogP contribution in [0.25, 0.3) is 10.9 Å². The molecule has 0 aliphatic heterocycles. The summed E-state index contributed by atoms with van der Waals surface area (Å²) in [5.41, 5.74) is 0.682. The predicted molar refractivity (Wildman–Crippen MR) is 68.3 cm³/mol. The van der Waals surface area contributed by atoms with E-state index in [0.29, 0.717) is 10.9 Å². The second-order valence-electron chi connectivity index (χ2n) is 4.39. The van der Waals surface area contributed by atoms with E-state index in [1.807, 2.05) is 0 Å². The summed E-state index contributed by atoms with van der Waals surface area (Å²) in [7, 11) is 0. The fraction of sp³-hybridized carbons (Fsp3) is 0.357. The van der Waals surface area contributed by atoms with Crippen molar-refractivity contribution in [2.24, 2.45) is 0 Å². The molecule has 0 saturated carbocycles. The number of H-pyrrole nitrogens is 1. The summed E-state index contributed by atoms with van der Waals surface area (Å²) >= 11 is 0. The van der Waals surface area contributed by atoms with Gasteiger partial charge in [-0.15, -0.1) is 0 Å². The summed E-state index contributed by atoms with van der Waals surface area (Å²) in [6, 6.07) is 6.69. The molecule has 2 aromatic rings. The monoisotopic (exact) mass is 285 g/mol. The Morgan fingerprint density at radius 1 is 1.35 bits per heavy atom. The SMILES string of the molecule is CCOC(=O)C[C@H](c1c[nH]c2ccccc12)C(F)(F)F. The van der Waals surface area contributed by atoms with Crippen molar-refractivity contribution < 1.29 is 22.7 Å². The Bertz CT molecular complexity index is 604. The van der Waals surface area contributed by atoms with Gasteiger partial charge in [0.05, 0.1) is 18.9 Å². The lowest BCUT2D eigenvalue weighted by Crippen LogP contribution is -2.24. The molecule has 1 aromatic carbocycles. The highest BCUT2D eigenvalue weighted by atomic mass is 19.4. The van der Waals surface area contributed by atoms with Crippen molar-refractivity contribution in [2.45, 2.75) is 25.4 Å². The molecular weight excluding hydrogens is 271 g/mol. The Hall–Kier alpha value is -1.98. The molecule has 0 amide bonds. The number of carbonyl (C=O) groups excluding carboxylic acids is 1. The van der Waals surface area contributed by atoms with Gasteiger partial charge in [-0.3, -0.25) is 4.79 Å². The molecule has 1 atom stereocenters. The highest BCUT2D eigenvalue weighted by Gasteiger charge is 2.43. The summed E-state index contributed by atoms with van der Waals surface area (Å²) < 4.78 is 44.2. The third-order valence-corrected chi connectivity index (χ3v) is 3.07. The zero-order valence-electron chi connectivity index (χ0n) is 10.8. The van der Waals surface area contributed by atoms with Crippen LogP contribution in [-0.4, -0.2) is 23.7 Å².